The van der Waals surface area contributed by atoms with Gasteiger partial charge in [-0.05, 0) is 45.2 Å². The molecular weight excluding hydrogens is 233 g/mol. The van der Waals surface area contributed by atoms with Crippen molar-refractivity contribution in [2.24, 2.45) is 0 Å². The highest BCUT2D eigenvalue weighted by molar-refractivity contribution is 5.47. The van der Waals surface area contributed by atoms with E-state index in [0.717, 1.165) is 19.3 Å². The van der Waals surface area contributed by atoms with Gasteiger partial charge < -0.3 is 15.2 Å². The molecule has 0 unspecified atom stereocenters. The van der Waals surface area contributed by atoms with Gasteiger partial charge in [-0.1, -0.05) is 0 Å². The Morgan fingerprint density at radius 1 is 1.28 bits per heavy atom. The number of hydrogen-bond donors (Lipinski definition) is 2. The molecule has 0 atom stereocenters. The van der Waals surface area contributed by atoms with Gasteiger partial charge in [-0.15, -0.1) is 0 Å². The lowest BCUT2D eigenvalue weighted by Gasteiger charge is -2.12. The molecule has 0 radical (unpaired) electrons. The second kappa shape index (κ2) is 7.93. The van der Waals surface area contributed by atoms with Crippen LogP contribution < -0.4 is 10.1 Å². The smallest absolute Gasteiger partial charge is 0.149 e. The van der Waals surface area contributed by atoms with Crippen LogP contribution in [0, 0.1) is 5.82 Å². The first kappa shape index (κ1) is 14.8. The van der Waals surface area contributed by atoms with Crippen LogP contribution in [0.25, 0.3) is 0 Å². The van der Waals surface area contributed by atoms with Gasteiger partial charge in [0.25, 0.3) is 0 Å². The largest absolute Gasteiger partial charge is 0.491 e. The zero-order valence-corrected chi connectivity index (χ0v) is 11.1. The zero-order valence-electron chi connectivity index (χ0n) is 11.1. The normalized spacial score (nSPS) is 10.7. The van der Waals surface area contributed by atoms with Crippen LogP contribution in [0.3, 0.4) is 0 Å². The first-order valence-corrected chi connectivity index (χ1v) is 6.44. The molecule has 18 heavy (non-hydrogen) atoms. The molecular formula is C14H22FNO2. The summed E-state index contributed by atoms with van der Waals surface area (Å²) in [5.74, 6) is 0.253. The number of nitrogens with one attached hydrogen (secondary N) is 1. The van der Waals surface area contributed by atoms with Crippen LogP contribution in [0.5, 0.6) is 5.75 Å². The number of aliphatic hydroxyl groups is 1. The average molecular weight is 255 g/mol. The van der Waals surface area contributed by atoms with Crippen molar-refractivity contribution in [2.45, 2.75) is 39.2 Å². The molecule has 3 nitrogen and oxygen atoms in total. The quantitative estimate of drug-likeness (QED) is 0.701. The fraction of sp³-hybridized carbons (Fsp3) is 0.571. The predicted molar refractivity (Wildman–Crippen MR) is 71.6 cm³/mol. The zero-order chi connectivity index (χ0) is 13.4. The summed E-state index contributed by atoms with van der Waals surface area (Å²) in [7, 11) is 0. The molecule has 1 aromatic carbocycles. The summed E-state index contributed by atoms with van der Waals surface area (Å²) >= 11 is 0. The topological polar surface area (TPSA) is 41.5 Å². The van der Waals surface area contributed by atoms with Crippen LogP contribution >= 0.6 is 0 Å². The summed E-state index contributed by atoms with van der Waals surface area (Å²) in [6, 6.07) is 4.86. The van der Waals surface area contributed by atoms with Crippen LogP contribution in [0.15, 0.2) is 18.2 Å². The van der Waals surface area contributed by atoms with Crippen molar-refractivity contribution in [3.63, 3.8) is 0 Å². The molecule has 0 bridgehead atoms. The number of benzene rings is 1. The monoisotopic (exact) mass is 255 g/mol. The van der Waals surface area contributed by atoms with Crippen LogP contribution in [0.2, 0.25) is 0 Å². The van der Waals surface area contributed by atoms with Crippen molar-refractivity contribution in [1.29, 1.82) is 0 Å². The second-order valence-electron chi connectivity index (χ2n) is 4.52. The second-order valence-corrected chi connectivity index (χ2v) is 4.52. The molecule has 0 heterocycles. The highest BCUT2D eigenvalue weighted by atomic mass is 19.1. The van der Waals surface area contributed by atoms with Gasteiger partial charge in [0.2, 0.25) is 0 Å². The molecule has 0 spiro atoms. The van der Waals surface area contributed by atoms with Gasteiger partial charge in [-0.25, -0.2) is 4.39 Å². The predicted octanol–water partition coefficient (Wildman–Crippen LogP) is 3.19. The number of halogens is 1. The Hall–Kier alpha value is -1.29. The third-order valence-corrected chi connectivity index (χ3v) is 2.46. The molecule has 0 saturated carbocycles. The number of aliphatic hydroxyl groups excluding tert-OH is 1. The fourth-order valence-corrected chi connectivity index (χ4v) is 1.62. The first-order valence-electron chi connectivity index (χ1n) is 6.44. The highest BCUT2D eigenvalue weighted by Gasteiger charge is 2.04. The Bertz CT molecular complexity index is 356. The number of anilines is 1. The van der Waals surface area contributed by atoms with E-state index in [-0.39, 0.29) is 18.5 Å². The van der Waals surface area contributed by atoms with E-state index in [1.165, 1.54) is 6.07 Å². The van der Waals surface area contributed by atoms with Crippen LogP contribution in [-0.4, -0.2) is 24.4 Å². The Labute approximate surface area is 108 Å². The summed E-state index contributed by atoms with van der Waals surface area (Å²) < 4.78 is 19.1. The third kappa shape index (κ3) is 5.36. The molecule has 0 fully saturated rings. The van der Waals surface area contributed by atoms with Gasteiger partial charge in [0.05, 0.1) is 11.8 Å². The lowest BCUT2D eigenvalue weighted by Crippen LogP contribution is -2.07. The SMILES string of the molecule is CC(C)Oc1ccc(NCCCCCO)c(F)c1. The minimum Gasteiger partial charge on any atom is -0.491 e. The maximum absolute atomic E-state index is 13.7. The van der Waals surface area contributed by atoms with Gasteiger partial charge in [-0.2, -0.15) is 0 Å². The molecule has 0 aromatic heterocycles. The minimum absolute atomic E-state index is 0.0432. The molecule has 0 aliphatic rings. The van der Waals surface area contributed by atoms with Gasteiger partial charge >= 0.3 is 0 Å². The minimum atomic E-state index is -0.296. The molecule has 0 saturated heterocycles. The van der Waals surface area contributed by atoms with Gasteiger partial charge in [0.15, 0.2) is 0 Å². The van der Waals surface area contributed by atoms with E-state index in [2.05, 4.69) is 5.32 Å². The lowest BCUT2D eigenvalue weighted by atomic mass is 10.2. The summed E-state index contributed by atoms with van der Waals surface area (Å²) in [4.78, 5) is 0. The van der Waals surface area contributed by atoms with Crippen molar-refractivity contribution >= 4 is 5.69 Å². The van der Waals surface area contributed by atoms with Crippen LogP contribution in [0.1, 0.15) is 33.1 Å². The maximum atomic E-state index is 13.7. The average Bonchev–Trinajstić information content (AvgIpc) is 2.30. The van der Waals surface area contributed by atoms with E-state index in [1.54, 1.807) is 12.1 Å². The van der Waals surface area contributed by atoms with E-state index >= 15 is 0 Å². The van der Waals surface area contributed by atoms with E-state index in [9.17, 15) is 4.39 Å². The van der Waals surface area contributed by atoms with Gasteiger partial charge in [-0.3, -0.25) is 0 Å². The Morgan fingerprint density at radius 3 is 2.67 bits per heavy atom. The maximum Gasteiger partial charge on any atom is 0.149 e. The van der Waals surface area contributed by atoms with Crippen molar-refractivity contribution in [2.75, 3.05) is 18.5 Å². The van der Waals surface area contributed by atoms with Gasteiger partial charge in [0.1, 0.15) is 11.6 Å². The molecule has 0 amide bonds. The van der Waals surface area contributed by atoms with E-state index < -0.39 is 0 Å². The Kier molecular flexibility index (Phi) is 6.50. The summed E-state index contributed by atoms with van der Waals surface area (Å²) in [6.07, 6.45) is 2.71. The standard InChI is InChI=1S/C14H22FNO2/c1-11(2)18-12-6-7-14(13(15)10-12)16-8-4-3-5-9-17/h6-7,10-11,16-17H,3-5,8-9H2,1-2H3. The highest BCUT2D eigenvalue weighted by Crippen LogP contribution is 2.21. The number of hydrogen-bond acceptors (Lipinski definition) is 3. The van der Waals surface area contributed by atoms with Crippen molar-refractivity contribution in [3.05, 3.63) is 24.0 Å². The molecule has 1 aromatic rings. The summed E-state index contributed by atoms with van der Waals surface area (Å²) in [5, 5.41) is 11.7. The first-order chi connectivity index (χ1) is 8.63. The molecule has 2 N–H and O–H groups in total. The van der Waals surface area contributed by atoms with Crippen molar-refractivity contribution in [3.8, 4) is 5.75 Å². The molecule has 102 valence electrons. The van der Waals surface area contributed by atoms with E-state index in [4.69, 9.17) is 9.84 Å². The van der Waals surface area contributed by atoms with Crippen LogP contribution in [0.4, 0.5) is 10.1 Å². The molecule has 0 aliphatic heterocycles. The summed E-state index contributed by atoms with van der Waals surface area (Å²) in [5.41, 5.74) is 0.495. The van der Waals surface area contributed by atoms with Crippen molar-refractivity contribution in [1.82, 2.24) is 0 Å². The van der Waals surface area contributed by atoms with E-state index in [0.29, 0.717) is 18.0 Å². The lowest BCUT2D eigenvalue weighted by molar-refractivity contribution is 0.241. The third-order valence-electron chi connectivity index (χ3n) is 2.46. The van der Waals surface area contributed by atoms with Crippen LogP contribution in [-0.2, 0) is 0 Å². The molecule has 0 aliphatic carbocycles. The number of rotatable bonds is 8. The van der Waals surface area contributed by atoms with E-state index in [1.807, 2.05) is 13.8 Å². The number of ether oxygens (including phenoxy) is 1. The van der Waals surface area contributed by atoms with Crippen molar-refractivity contribution < 1.29 is 14.2 Å². The molecule has 1 rings (SSSR count). The Morgan fingerprint density at radius 2 is 2.06 bits per heavy atom. The molecule has 4 heteroatoms. The van der Waals surface area contributed by atoms with Gasteiger partial charge in [0, 0.05) is 19.2 Å². The number of unbranched alkanes of at least 4 members (excludes halogenated alkanes) is 2. The fourth-order valence-electron chi connectivity index (χ4n) is 1.62. The summed E-state index contributed by atoms with van der Waals surface area (Å²) in [6.45, 7) is 4.74. The Balaban J connectivity index is 2.42.